The molecule has 0 saturated carbocycles. The number of rotatable bonds is 3. The van der Waals surface area contributed by atoms with Crippen molar-refractivity contribution in [2.45, 2.75) is 38.3 Å². The first-order valence-electron chi connectivity index (χ1n) is 6.55. The fourth-order valence-electron chi connectivity index (χ4n) is 2.22. The van der Waals surface area contributed by atoms with Gasteiger partial charge in [-0.2, -0.15) is 0 Å². The molecule has 0 aromatic carbocycles. The Morgan fingerprint density at radius 3 is 2.71 bits per heavy atom. The number of nitrogens with zero attached hydrogens (tertiary/aromatic N) is 3. The SMILES string of the molecule is CC(C)c1ncc(Cl)c(C(=O)N2CC(O)C[C@H]2C(=O)O)n1. The summed E-state index contributed by atoms with van der Waals surface area (Å²) in [5.41, 5.74) is -0.0317. The van der Waals surface area contributed by atoms with Crippen molar-refractivity contribution in [1.29, 1.82) is 0 Å². The van der Waals surface area contributed by atoms with Gasteiger partial charge in [-0.1, -0.05) is 25.4 Å². The highest BCUT2D eigenvalue weighted by Gasteiger charge is 2.40. The number of hydrogen-bond acceptors (Lipinski definition) is 5. The molecular formula is C13H16ClN3O4. The van der Waals surface area contributed by atoms with Gasteiger partial charge in [0.15, 0.2) is 5.69 Å². The zero-order valence-electron chi connectivity index (χ0n) is 11.7. The molecule has 8 heteroatoms. The van der Waals surface area contributed by atoms with Crippen LogP contribution in [-0.2, 0) is 4.79 Å². The molecule has 1 aromatic rings. The van der Waals surface area contributed by atoms with Crippen molar-refractivity contribution in [3.05, 3.63) is 22.7 Å². The van der Waals surface area contributed by atoms with Crippen LogP contribution < -0.4 is 0 Å². The molecule has 2 rings (SSSR count). The molecule has 2 heterocycles. The number of amides is 1. The van der Waals surface area contributed by atoms with Crippen LogP contribution in [0, 0.1) is 0 Å². The summed E-state index contributed by atoms with van der Waals surface area (Å²) in [4.78, 5) is 32.9. The molecule has 0 spiro atoms. The van der Waals surface area contributed by atoms with E-state index >= 15 is 0 Å². The summed E-state index contributed by atoms with van der Waals surface area (Å²) >= 11 is 5.96. The van der Waals surface area contributed by atoms with Gasteiger partial charge in [0.25, 0.3) is 5.91 Å². The summed E-state index contributed by atoms with van der Waals surface area (Å²) in [5, 5.41) is 18.8. The van der Waals surface area contributed by atoms with E-state index in [9.17, 15) is 14.7 Å². The summed E-state index contributed by atoms with van der Waals surface area (Å²) in [7, 11) is 0. The van der Waals surface area contributed by atoms with Crippen LogP contribution in [0.25, 0.3) is 0 Å². The van der Waals surface area contributed by atoms with E-state index in [0.29, 0.717) is 5.82 Å². The molecule has 1 saturated heterocycles. The number of carboxylic acids is 1. The summed E-state index contributed by atoms with van der Waals surface area (Å²) < 4.78 is 0. The minimum atomic E-state index is -1.16. The molecule has 0 aliphatic carbocycles. The summed E-state index contributed by atoms with van der Waals surface area (Å²) in [6, 6.07) is -1.07. The van der Waals surface area contributed by atoms with E-state index in [4.69, 9.17) is 16.7 Å². The Hall–Kier alpha value is -1.73. The number of carbonyl (C=O) groups is 2. The predicted octanol–water partition coefficient (Wildman–Crippen LogP) is 0.913. The molecule has 1 aromatic heterocycles. The van der Waals surface area contributed by atoms with Crippen molar-refractivity contribution in [2.75, 3.05) is 6.54 Å². The van der Waals surface area contributed by atoms with Gasteiger partial charge in [-0.15, -0.1) is 0 Å². The molecule has 21 heavy (non-hydrogen) atoms. The average Bonchev–Trinajstić information content (AvgIpc) is 2.80. The molecule has 1 amide bonds. The Kier molecular flexibility index (Phi) is 4.43. The van der Waals surface area contributed by atoms with Gasteiger partial charge in [0.2, 0.25) is 0 Å². The molecule has 114 valence electrons. The van der Waals surface area contributed by atoms with Crippen molar-refractivity contribution in [3.8, 4) is 0 Å². The lowest BCUT2D eigenvalue weighted by Gasteiger charge is -2.21. The van der Waals surface area contributed by atoms with Crippen LogP contribution in [0.3, 0.4) is 0 Å². The molecule has 7 nitrogen and oxygen atoms in total. The smallest absolute Gasteiger partial charge is 0.326 e. The van der Waals surface area contributed by atoms with E-state index in [0.717, 1.165) is 4.90 Å². The molecule has 1 unspecified atom stereocenters. The third-order valence-corrected chi connectivity index (χ3v) is 3.58. The topological polar surface area (TPSA) is 104 Å². The lowest BCUT2D eigenvalue weighted by atomic mass is 10.2. The third kappa shape index (κ3) is 3.14. The molecule has 1 aliphatic heterocycles. The van der Waals surface area contributed by atoms with Gasteiger partial charge in [0.05, 0.1) is 17.3 Å². The second-order valence-electron chi connectivity index (χ2n) is 5.28. The zero-order valence-corrected chi connectivity index (χ0v) is 12.4. The van der Waals surface area contributed by atoms with E-state index in [1.54, 1.807) is 0 Å². The third-order valence-electron chi connectivity index (χ3n) is 3.31. The van der Waals surface area contributed by atoms with Crippen molar-refractivity contribution >= 4 is 23.5 Å². The maximum Gasteiger partial charge on any atom is 0.326 e. The minimum Gasteiger partial charge on any atom is -0.480 e. The van der Waals surface area contributed by atoms with Crippen molar-refractivity contribution < 1.29 is 19.8 Å². The number of carboxylic acid groups (broad SMARTS) is 1. The first-order chi connectivity index (χ1) is 9.81. The Labute approximate surface area is 126 Å². The monoisotopic (exact) mass is 313 g/mol. The number of β-amino-alcohol motifs (C(OH)–C–C–N with tert-alkyl or cyclic N) is 1. The van der Waals surface area contributed by atoms with Gasteiger partial charge in [-0.25, -0.2) is 14.8 Å². The highest BCUT2D eigenvalue weighted by Crippen LogP contribution is 2.24. The standard InChI is InChI=1S/C13H16ClN3O4/c1-6(2)11-15-4-8(14)10(16-11)12(19)17-5-7(18)3-9(17)13(20)21/h4,6-7,9,18H,3,5H2,1-2H3,(H,20,21)/t7?,9-/m0/s1. The van der Waals surface area contributed by atoms with Crippen LogP contribution in [0.5, 0.6) is 0 Å². The lowest BCUT2D eigenvalue weighted by Crippen LogP contribution is -2.41. The fraction of sp³-hybridized carbons (Fsp3) is 0.538. The molecule has 1 aliphatic rings. The largest absolute Gasteiger partial charge is 0.480 e. The summed E-state index contributed by atoms with van der Waals surface area (Å²) in [6.45, 7) is 3.70. The van der Waals surface area contributed by atoms with Gasteiger partial charge in [0.1, 0.15) is 11.9 Å². The number of halogens is 1. The molecule has 0 bridgehead atoms. The zero-order chi connectivity index (χ0) is 15.7. The minimum absolute atomic E-state index is 0.000807. The average molecular weight is 314 g/mol. The van der Waals surface area contributed by atoms with Crippen LogP contribution in [0.4, 0.5) is 0 Å². The molecule has 2 atom stereocenters. The van der Waals surface area contributed by atoms with E-state index in [1.807, 2.05) is 13.8 Å². The number of hydrogen-bond donors (Lipinski definition) is 2. The molecule has 1 fully saturated rings. The summed E-state index contributed by atoms with van der Waals surface area (Å²) in [5.74, 6) is -1.30. The van der Waals surface area contributed by atoms with E-state index in [1.165, 1.54) is 6.20 Å². The Balaban J connectivity index is 2.35. The van der Waals surface area contributed by atoms with Gasteiger partial charge in [-0.05, 0) is 0 Å². The lowest BCUT2D eigenvalue weighted by molar-refractivity contribution is -0.141. The molecule has 2 N–H and O–H groups in total. The Morgan fingerprint density at radius 2 is 2.14 bits per heavy atom. The van der Waals surface area contributed by atoms with E-state index < -0.39 is 24.0 Å². The van der Waals surface area contributed by atoms with E-state index in [-0.39, 0.29) is 29.6 Å². The number of aromatic nitrogens is 2. The van der Waals surface area contributed by atoms with Gasteiger partial charge < -0.3 is 15.1 Å². The number of aliphatic hydroxyl groups excluding tert-OH is 1. The maximum atomic E-state index is 12.5. The van der Waals surface area contributed by atoms with Crippen molar-refractivity contribution in [1.82, 2.24) is 14.9 Å². The fourth-order valence-corrected chi connectivity index (χ4v) is 2.39. The predicted molar refractivity (Wildman–Crippen MR) is 74.2 cm³/mol. The van der Waals surface area contributed by atoms with Gasteiger partial charge >= 0.3 is 5.97 Å². The number of aliphatic hydroxyl groups is 1. The quantitative estimate of drug-likeness (QED) is 0.859. The van der Waals surface area contributed by atoms with Crippen LogP contribution >= 0.6 is 11.6 Å². The molecular weight excluding hydrogens is 298 g/mol. The molecule has 0 radical (unpaired) electrons. The van der Waals surface area contributed by atoms with Crippen LogP contribution in [0.1, 0.15) is 42.5 Å². The highest BCUT2D eigenvalue weighted by atomic mass is 35.5. The second kappa shape index (κ2) is 5.95. The Bertz CT molecular complexity index is 579. The first-order valence-corrected chi connectivity index (χ1v) is 6.93. The van der Waals surface area contributed by atoms with Crippen molar-refractivity contribution in [3.63, 3.8) is 0 Å². The van der Waals surface area contributed by atoms with Crippen molar-refractivity contribution in [2.24, 2.45) is 0 Å². The number of aliphatic carboxylic acids is 1. The highest BCUT2D eigenvalue weighted by molar-refractivity contribution is 6.33. The van der Waals surface area contributed by atoms with Crippen LogP contribution in [-0.4, -0.2) is 55.6 Å². The van der Waals surface area contributed by atoms with Crippen LogP contribution in [0.2, 0.25) is 5.02 Å². The first kappa shape index (κ1) is 15.7. The maximum absolute atomic E-state index is 12.5. The van der Waals surface area contributed by atoms with Gasteiger partial charge in [-0.3, -0.25) is 4.79 Å². The van der Waals surface area contributed by atoms with Gasteiger partial charge in [0, 0.05) is 18.9 Å². The van der Waals surface area contributed by atoms with Crippen LogP contribution in [0.15, 0.2) is 6.20 Å². The number of likely N-dealkylation sites (tertiary alicyclic amines) is 1. The Morgan fingerprint density at radius 1 is 1.48 bits per heavy atom. The second-order valence-corrected chi connectivity index (χ2v) is 5.69. The van der Waals surface area contributed by atoms with E-state index in [2.05, 4.69) is 9.97 Å². The summed E-state index contributed by atoms with van der Waals surface area (Å²) in [6.07, 6.45) is 0.473. The normalized spacial score (nSPS) is 21.9. The number of carbonyl (C=O) groups excluding carboxylic acids is 1.